The Bertz CT molecular complexity index is 775. The van der Waals surface area contributed by atoms with E-state index in [0.29, 0.717) is 30.5 Å². The highest BCUT2D eigenvalue weighted by Gasteiger charge is 2.06. The lowest BCUT2D eigenvalue weighted by atomic mass is 10.2. The molecule has 0 saturated heterocycles. The number of ether oxygens (including phenoxy) is 2. The summed E-state index contributed by atoms with van der Waals surface area (Å²) in [5.41, 5.74) is 2.01. The number of methoxy groups -OCH3 is 2. The summed E-state index contributed by atoms with van der Waals surface area (Å²) in [6.45, 7) is 1.06. The number of rotatable bonds is 7. The van der Waals surface area contributed by atoms with Crippen LogP contribution in [0.4, 0.5) is 5.69 Å². The molecular formula is C18H22N4O4. The maximum Gasteiger partial charge on any atom is 0.269 e. The van der Waals surface area contributed by atoms with Gasteiger partial charge in [-0.3, -0.25) is 15.1 Å². The smallest absolute Gasteiger partial charge is 0.269 e. The van der Waals surface area contributed by atoms with Gasteiger partial charge in [-0.1, -0.05) is 18.2 Å². The fourth-order valence-corrected chi connectivity index (χ4v) is 2.32. The predicted molar refractivity (Wildman–Crippen MR) is 99.7 cm³/mol. The van der Waals surface area contributed by atoms with Crippen LogP contribution in [-0.2, 0) is 13.1 Å². The van der Waals surface area contributed by atoms with Crippen LogP contribution >= 0.6 is 0 Å². The number of hydrogen-bond donors (Lipinski definition) is 2. The second-order valence-electron chi connectivity index (χ2n) is 5.39. The van der Waals surface area contributed by atoms with Crippen molar-refractivity contribution in [3.63, 3.8) is 0 Å². The number of nitrogens with one attached hydrogen (secondary N) is 2. The van der Waals surface area contributed by atoms with Crippen molar-refractivity contribution >= 4 is 11.6 Å². The van der Waals surface area contributed by atoms with Crippen LogP contribution in [0.25, 0.3) is 0 Å². The van der Waals surface area contributed by atoms with E-state index in [1.54, 1.807) is 33.4 Å². The molecule has 2 rings (SSSR count). The molecule has 0 aliphatic rings. The van der Waals surface area contributed by atoms with Gasteiger partial charge in [-0.05, 0) is 23.3 Å². The van der Waals surface area contributed by atoms with E-state index in [2.05, 4.69) is 15.6 Å². The zero-order valence-corrected chi connectivity index (χ0v) is 15.0. The molecule has 0 aliphatic heterocycles. The van der Waals surface area contributed by atoms with Gasteiger partial charge in [0.15, 0.2) is 17.5 Å². The van der Waals surface area contributed by atoms with E-state index in [-0.39, 0.29) is 5.69 Å². The fourth-order valence-electron chi connectivity index (χ4n) is 2.32. The number of non-ortho nitro benzene ring substituents is 1. The lowest BCUT2D eigenvalue weighted by molar-refractivity contribution is -0.384. The number of nitrogens with zero attached hydrogens (tertiary/aromatic N) is 2. The minimum Gasteiger partial charge on any atom is -0.493 e. The number of guanidine groups is 1. The molecule has 0 amide bonds. The van der Waals surface area contributed by atoms with E-state index >= 15 is 0 Å². The van der Waals surface area contributed by atoms with Gasteiger partial charge in [0.05, 0.1) is 19.1 Å². The Hall–Kier alpha value is -3.29. The Morgan fingerprint density at radius 2 is 1.58 bits per heavy atom. The van der Waals surface area contributed by atoms with Crippen LogP contribution in [0.5, 0.6) is 11.5 Å². The van der Waals surface area contributed by atoms with Crippen LogP contribution < -0.4 is 20.1 Å². The van der Waals surface area contributed by atoms with E-state index in [1.807, 2.05) is 18.2 Å². The lowest BCUT2D eigenvalue weighted by Crippen LogP contribution is -2.36. The van der Waals surface area contributed by atoms with E-state index in [1.165, 1.54) is 12.1 Å². The molecule has 0 bridgehead atoms. The van der Waals surface area contributed by atoms with Crippen LogP contribution in [0.1, 0.15) is 11.1 Å². The van der Waals surface area contributed by atoms with Crippen molar-refractivity contribution in [2.75, 3.05) is 21.3 Å². The molecule has 26 heavy (non-hydrogen) atoms. The predicted octanol–water partition coefficient (Wildman–Crippen LogP) is 2.48. The summed E-state index contributed by atoms with van der Waals surface area (Å²) >= 11 is 0. The molecule has 0 radical (unpaired) electrons. The number of aliphatic imine (C=N–C) groups is 1. The molecule has 2 aromatic carbocycles. The molecule has 2 aromatic rings. The molecule has 8 heteroatoms. The Labute approximate surface area is 152 Å². The number of nitro groups is 1. The van der Waals surface area contributed by atoms with Gasteiger partial charge >= 0.3 is 0 Å². The molecule has 8 nitrogen and oxygen atoms in total. The van der Waals surface area contributed by atoms with E-state index < -0.39 is 4.92 Å². The van der Waals surface area contributed by atoms with E-state index in [4.69, 9.17) is 9.47 Å². The third kappa shape index (κ3) is 5.10. The highest BCUT2D eigenvalue weighted by molar-refractivity contribution is 5.79. The van der Waals surface area contributed by atoms with Gasteiger partial charge in [0.25, 0.3) is 5.69 Å². The molecule has 0 aliphatic carbocycles. The summed E-state index contributed by atoms with van der Waals surface area (Å²) in [5.74, 6) is 1.97. The van der Waals surface area contributed by atoms with Crippen LogP contribution in [0, 0.1) is 10.1 Å². The topological polar surface area (TPSA) is 98.0 Å². The quantitative estimate of drug-likeness (QED) is 0.341. The first-order valence-corrected chi connectivity index (χ1v) is 7.96. The monoisotopic (exact) mass is 358 g/mol. The van der Waals surface area contributed by atoms with Crippen molar-refractivity contribution in [2.24, 2.45) is 4.99 Å². The van der Waals surface area contributed by atoms with Gasteiger partial charge in [0.2, 0.25) is 0 Å². The van der Waals surface area contributed by atoms with Gasteiger partial charge in [-0.15, -0.1) is 0 Å². The Morgan fingerprint density at radius 3 is 2.12 bits per heavy atom. The standard InChI is InChI=1S/C18H22N4O4/c1-19-18(20-11-13-4-7-15(8-5-13)22(23)24)21-12-14-6-9-16(25-2)17(10-14)26-3/h4-10H,11-12H2,1-3H3,(H2,19,20,21). The summed E-state index contributed by atoms with van der Waals surface area (Å²) in [5, 5.41) is 17.1. The lowest BCUT2D eigenvalue weighted by Gasteiger charge is -2.13. The third-order valence-corrected chi connectivity index (χ3v) is 3.74. The maximum absolute atomic E-state index is 10.7. The Kier molecular flexibility index (Phi) is 6.78. The highest BCUT2D eigenvalue weighted by atomic mass is 16.6. The molecule has 0 saturated carbocycles. The number of hydrogen-bond acceptors (Lipinski definition) is 5. The molecular weight excluding hydrogens is 336 g/mol. The van der Waals surface area contributed by atoms with Crippen LogP contribution in [0.3, 0.4) is 0 Å². The molecule has 0 spiro atoms. The number of nitro benzene ring substituents is 1. The van der Waals surface area contributed by atoms with Crippen molar-refractivity contribution in [1.82, 2.24) is 10.6 Å². The van der Waals surface area contributed by atoms with Crippen molar-refractivity contribution in [3.8, 4) is 11.5 Å². The molecule has 138 valence electrons. The molecule has 0 atom stereocenters. The van der Waals surface area contributed by atoms with Crippen LogP contribution in [0.15, 0.2) is 47.5 Å². The zero-order valence-electron chi connectivity index (χ0n) is 15.0. The zero-order chi connectivity index (χ0) is 18.9. The Balaban J connectivity index is 1.90. The van der Waals surface area contributed by atoms with E-state index in [9.17, 15) is 10.1 Å². The maximum atomic E-state index is 10.7. The molecule has 2 N–H and O–H groups in total. The van der Waals surface area contributed by atoms with Gasteiger partial charge in [-0.2, -0.15) is 0 Å². The fraction of sp³-hybridized carbons (Fsp3) is 0.278. The van der Waals surface area contributed by atoms with Gasteiger partial charge in [0, 0.05) is 32.3 Å². The van der Waals surface area contributed by atoms with Gasteiger partial charge in [-0.25, -0.2) is 0 Å². The van der Waals surface area contributed by atoms with Crippen molar-refractivity contribution in [2.45, 2.75) is 13.1 Å². The first-order chi connectivity index (χ1) is 12.6. The van der Waals surface area contributed by atoms with Crippen molar-refractivity contribution < 1.29 is 14.4 Å². The van der Waals surface area contributed by atoms with Crippen LogP contribution in [-0.4, -0.2) is 32.2 Å². The second-order valence-corrected chi connectivity index (χ2v) is 5.39. The average Bonchev–Trinajstić information content (AvgIpc) is 2.68. The van der Waals surface area contributed by atoms with Gasteiger partial charge < -0.3 is 20.1 Å². The summed E-state index contributed by atoms with van der Waals surface area (Å²) in [6.07, 6.45) is 0. The summed E-state index contributed by atoms with van der Waals surface area (Å²) in [6, 6.07) is 12.1. The van der Waals surface area contributed by atoms with Gasteiger partial charge in [0.1, 0.15) is 0 Å². The minimum atomic E-state index is -0.416. The Morgan fingerprint density at radius 1 is 1.00 bits per heavy atom. The largest absolute Gasteiger partial charge is 0.493 e. The summed E-state index contributed by atoms with van der Waals surface area (Å²) in [7, 11) is 4.87. The van der Waals surface area contributed by atoms with E-state index in [0.717, 1.165) is 11.1 Å². The second kappa shape index (κ2) is 9.26. The SMILES string of the molecule is CN=C(NCc1ccc([N+](=O)[O-])cc1)NCc1ccc(OC)c(OC)c1. The molecule has 0 heterocycles. The molecule has 0 aromatic heterocycles. The van der Waals surface area contributed by atoms with Crippen LogP contribution in [0.2, 0.25) is 0 Å². The van der Waals surface area contributed by atoms with Crippen molar-refractivity contribution in [3.05, 3.63) is 63.7 Å². The van der Waals surface area contributed by atoms with Crippen molar-refractivity contribution in [1.29, 1.82) is 0 Å². The minimum absolute atomic E-state index is 0.0738. The summed E-state index contributed by atoms with van der Waals surface area (Å²) < 4.78 is 10.5. The molecule has 0 fully saturated rings. The first kappa shape index (κ1) is 19.0. The third-order valence-electron chi connectivity index (χ3n) is 3.74. The first-order valence-electron chi connectivity index (χ1n) is 7.96. The molecule has 0 unspecified atom stereocenters. The summed E-state index contributed by atoms with van der Waals surface area (Å²) in [4.78, 5) is 14.4. The average molecular weight is 358 g/mol. The normalized spacial score (nSPS) is 11.0. The highest BCUT2D eigenvalue weighted by Crippen LogP contribution is 2.27. The number of benzene rings is 2.